The van der Waals surface area contributed by atoms with Crippen molar-refractivity contribution in [2.24, 2.45) is 0 Å². The predicted octanol–water partition coefficient (Wildman–Crippen LogP) is 11.0. The van der Waals surface area contributed by atoms with Crippen molar-refractivity contribution in [3.8, 4) is 11.1 Å². The van der Waals surface area contributed by atoms with Gasteiger partial charge in [-0.1, -0.05) is 123 Å². The Kier molecular flexibility index (Phi) is 4.36. The second kappa shape index (κ2) is 7.69. The highest BCUT2D eigenvalue weighted by atomic mass is 79.9. The first kappa shape index (κ1) is 22.1. The van der Waals surface area contributed by atoms with Gasteiger partial charge in [-0.05, 0) is 107 Å². The minimum absolute atomic E-state index is 0.460. The third-order valence-electron chi connectivity index (χ3n) is 8.93. The Balaban J connectivity index is 1.57. The Morgan fingerprint density at radius 3 is 1.82 bits per heavy atom. The zero-order valence-corrected chi connectivity index (χ0v) is 24.0. The summed E-state index contributed by atoms with van der Waals surface area (Å²) in [6.45, 7) is 0. The van der Waals surface area contributed by atoms with Crippen molar-refractivity contribution in [3.05, 3.63) is 152 Å². The van der Waals surface area contributed by atoms with Gasteiger partial charge in [-0.15, -0.1) is 0 Å². The molecule has 0 nitrogen and oxygen atoms in total. The van der Waals surface area contributed by atoms with Gasteiger partial charge in [0.1, 0.15) is 0 Å². The maximum atomic E-state index is 3.84. The minimum atomic E-state index is -0.460. The smallest absolute Gasteiger partial charge is 0.0619 e. The van der Waals surface area contributed by atoms with Crippen LogP contribution < -0.4 is 0 Å². The van der Waals surface area contributed by atoms with Gasteiger partial charge in [0.25, 0.3) is 0 Å². The maximum Gasteiger partial charge on any atom is 0.0726 e. The lowest BCUT2D eigenvalue weighted by Gasteiger charge is -2.36. The molecule has 0 unspecified atom stereocenters. The highest BCUT2D eigenvalue weighted by Gasteiger charge is 2.49. The number of hydrogen-bond acceptors (Lipinski definition) is 0. The van der Waals surface area contributed by atoms with Gasteiger partial charge in [0, 0.05) is 8.95 Å². The number of rotatable bonds is 0. The third kappa shape index (κ3) is 2.74. The van der Waals surface area contributed by atoms with Crippen molar-refractivity contribution in [2.45, 2.75) is 5.41 Å². The van der Waals surface area contributed by atoms with Gasteiger partial charge in [-0.3, -0.25) is 0 Å². The van der Waals surface area contributed by atoms with E-state index in [1.165, 1.54) is 76.8 Å². The summed E-state index contributed by atoms with van der Waals surface area (Å²) in [6.07, 6.45) is 4.57. The largest absolute Gasteiger partial charge is 0.0726 e. The van der Waals surface area contributed by atoms with E-state index in [2.05, 4.69) is 153 Å². The van der Waals surface area contributed by atoms with Gasteiger partial charge >= 0.3 is 0 Å². The SMILES string of the molecule is Brc1ccc2c(c1)C1(c3cc(Br)ccc3C=C2)c2ccccc2-c2c1cc1ccc3cccc4ccc2c1c34. The van der Waals surface area contributed by atoms with Crippen LogP contribution in [0.5, 0.6) is 0 Å². The quantitative estimate of drug-likeness (QED) is 0.147. The van der Waals surface area contributed by atoms with E-state index in [0.717, 1.165) is 8.95 Å². The van der Waals surface area contributed by atoms with Gasteiger partial charge in [-0.25, -0.2) is 0 Å². The van der Waals surface area contributed by atoms with Gasteiger partial charge in [0.2, 0.25) is 0 Å². The van der Waals surface area contributed by atoms with Crippen molar-refractivity contribution in [2.75, 3.05) is 0 Å². The molecule has 0 saturated carbocycles. The number of fused-ring (bicyclic) bond motifs is 10. The van der Waals surface area contributed by atoms with Crippen LogP contribution in [-0.4, -0.2) is 0 Å². The third-order valence-corrected chi connectivity index (χ3v) is 9.92. The standard InChI is InChI=1S/C37H20Br2/c38-26-15-12-21-8-9-22-13-16-27(39)20-32(22)37(31(21)19-26)30-7-2-1-6-28(30)36-29-17-14-24-5-3-4-23-10-11-25(18-33(36)37)35(29)34(23)24/h1-20H. The molecule has 7 aromatic rings. The first-order chi connectivity index (χ1) is 19.1. The molecule has 0 radical (unpaired) electrons. The van der Waals surface area contributed by atoms with Gasteiger partial charge in [0.15, 0.2) is 0 Å². The van der Waals surface area contributed by atoms with E-state index in [0.29, 0.717) is 0 Å². The van der Waals surface area contributed by atoms with Crippen LogP contribution in [0.3, 0.4) is 0 Å². The summed E-state index contributed by atoms with van der Waals surface area (Å²) in [4.78, 5) is 0. The molecule has 0 aromatic heterocycles. The molecule has 0 amide bonds. The van der Waals surface area contributed by atoms with Crippen LogP contribution in [0.1, 0.15) is 33.4 Å². The maximum absolute atomic E-state index is 3.84. The summed E-state index contributed by atoms with van der Waals surface area (Å²) in [6, 6.07) is 41.0. The number of benzene rings is 7. The molecule has 2 heteroatoms. The average molecular weight is 624 g/mol. The zero-order chi connectivity index (χ0) is 25.9. The Bertz CT molecular complexity index is 2130. The number of hydrogen-bond donors (Lipinski definition) is 0. The molecule has 0 bridgehead atoms. The molecule has 0 fully saturated rings. The lowest BCUT2D eigenvalue weighted by molar-refractivity contribution is 0.766. The molecular formula is C37H20Br2. The topological polar surface area (TPSA) is 0 Å². The molecule has 7 aromatic carbocycles. The van der Waals surface area contributed by atoms with E-state index >= 15 is 0 Å². The van der Waals surface area contributed by atoms with Gasteiger partial charge in [-0.2, -0.15) is 0 Å². The van der Waals surface area contributed by atoms with Crippen LogP contribution in [0.4, 0.5) is 0 Å². The number of halogens is 2. The molecule has 0 N–H and O–H groups in total. The van der Waals surface area contributed by atoms with Crippen molar-refractivity contribution < 1.29 is 0 Å². The Labute approximate surface area is 243 Å². The summed E-state index contributed by atoms with van der Waals surface area (Å²) in [5, 5.41) is 7.96. The van der Waals surface area contributed by atoms with Crippen LogP contribution in [-0.2, 0) is 5.41 Å². The minimum Gasteiger partial charge on any atom is -0.0619 e. The summed E-state index contributed by atoms with van der Waals surface area (Å²) in [5.41, 5.74) is 10.0. The molecule has 182 valence electrons. The highest BCUT2D eigenvalue weighted by Crippen LogP contribution is 2.61. The van der Waals surface area contributed by atoms with Crippen molar-refractivity contribution in [3.63, 3.8) is 0 Å². The molecule has 0 aliphatic heterocycles. The summed E-state index contributed by atoms with van der Waals surface area (Å²) in [5.74, 6) is 0. The van der Waals surface area contributed by atoms with E-state index in [1.807, 2.05) is 0 Å². The molecule has 0 saturated heterocycles. The monoisotopic (exact) mass is 622 g/mol. The molecule has 2 aliphatic rings. The molecule has 0 atom stereocenters. The van der Waals surface area contributed by atoms with Crippen LogP contribution in [0.25, 0.3) is 55.6 Å². The van der Waals surface area contributed by atoms with E-state index in [9.17, 15) is 0 Å². The summed E-state index contributed by atoms with van der Waals surface area (Å²) in [7, 11) is 0. The Morgan fingerprint density at radius 2 is 1.10 bits per heavy atom. The van der Waals surface area contributed by atoms with Crippen LogP contribution >= 0.6 is 31.9 Å². The molecule has 0 heterocycles. The van der Waals surface area contributed by atoms with E-state index in [1.54, 1.807) is 0 Å². The van der Waals surface area contributed by atoms with E-state index < -0.39 is 5.41 Å². The zero-order valence-electron chi connectivity index (χ0n) is 20.8. The van der Waals surface area contributed by atoms with Crippen LogP contribution in [0.2, 0.25) is 0 Å². The Morgan fingerprint density at radius 1 is 0.462 bits per heavy atom. The molecule has 39 heavy (non-hydrogen) atoms. The van der Waals surface area contributed by atoms with Crippen molar-refractivity contribution >= 4 is 76.3 Å². The lowest BCUT2D eigenvalue weighted by Crippen LogP contribution is -2.30. The molecule has 1 spiro atoms. The predicted molar refractivity (Wildman–Crippen MR) is 172 cm³/mol. The fourth-order valence-electron chi connectivity index (χ4n) is 7.47. The fraction of sp³-hybridized carbons (Fsp3) is 0.0270. The lowest BCUT2D eigenvalue weighted by atomic mass is 9.65. The summed E-state index contributed by atoms with van der Waals surface area (Å²) < 4.78 is 2.19. The average Bonchev–Trinajstić information content (AvgIpc) is 3.18. The van der Waals surface area contributed by atoms with Gasteiger partial charge in [0.05, 0.1) is 5.41 Å². The van der Waals surface area contributed by atoms with Crippen molar-refractivity contribution in [1.82, 2.24) is 0 Å². The van der Waals surface area contributed by atoms with Crippen LogP contribution in [0, 0.1) is 0 Å². The highest BCUT2D eigenvalue weighted by molar-refractivity contribution is 9.10. The normalized spacial score (nSPS) is 14.5. The first-order valence-electron chi connectivity index (χ1n) is 13.2. The fourth-order valence-corrected chi connectivity index (χ4v) is 8.19. The van der Waals surface area contributed by atoms with Gasteiger partial charge < -0.3 is 0 Å². The molecular weight excluding hydrogens is 604 g/mol. The molecule has 9 rings (SSSR count). The second-order valence-electron chi connectivity index (χ2n) is 10.7. The van der Waals surface area contributed by atoms with Crippen molar-refractivity contribution in [1.29, 1.82) is 0 Å². The molecule has 2 aliphatic carbocycles. The summed E-state index contributed by atoms with van der Waals surface area (Å²) >= 11 is 7.68. The second-order valence-corrected chi connectivity index (χ2v) is 12.6. The van der Waals surface area contributed by atoms with E-state index in [-0.39, 0.29) is 0 Å². The first-order valence-corrected chi connectivity index (χ1v) is 14.8. The van der Waals surface area contributed by atoms with E-state index in [4.69, 9.17) is 0 Å². The Hall–Kier alpha value is -3.72. The van der Waals surface area contributed by atoms with Crippen LogP contribution in [0.15, 0.2) is 118 Å².